The van der Waals surface area contributed by atoms with Crippen molar-refractivity contribution in [1.29, 1.82) is 0 Å². The van der Waals surface area contributed by atoms with E-state index >= 15 is 0 Å². The van der Waals surface area contributed by atoms with Gasteiger partial charge in [0.25, 0.3) is 0 Å². The Hall–Kier alpha value is -0.290. The van der Waals surface area contributed by atoms with Crippen LogP contribution in [0.5, 0.6) is 0 Å². The maximum Gasteiger partial charge on any atom is 0.389 e. The van der Waals surface area contributed by atoms with Crippen LogP contribution in [-0.2, 0) is 4.74 Å². The van der Waals surface area contributed by atoms with Crippen molar-refractivity contribution in [2.45, 2.75) is 77.1 Å². The molecule has 0 aromatic carbocycles. The first-order valence-corrected chi connectivity index (χ1v) is 7.66. The highest BCUT2D eigenvalue weighted by Gasteiger charge is 2.35. The van der Waals surface area contributed by atoms with Crippen LogP contribution in [-0.4, -0.2) is 31.0 Å². The Morgan fingerprint density at radius 3 is 2.35 bits per heavy atom. The van der Waals surface area contributed by atoms with Crippen molar-refractivity contribution in [2.24, 2.45) is 5.92 Å². The first-order chi connectivity index (χ1) is 9.22. The quantitative estimate of drug-likeness (QED) is 0.707. The number of nitrogens with one attached hydrogen (secondary N) is 1. The van der Waals surface area contributed by atoms with E-state index in [9.17, 15) is 13.2 Å². The number of rotatable bonds is 7. The second kappa shape index (κ2) is 7.64. The van der Waals surface area contributed by atoms with Crippen LogP contribution in [0.2, 0.25) is 0 Å². The van der Waals surface area contributed by atoms with Gasteiger partial charge in [-0.3, -0.25) is 0 Å². The van der Waals surface area contributed by atoms with Crippen LogP contribution >= 0.6 is 0 Å². The third-order valence-corrected chi connectivity index (χ3v) is 4.03. The molecule has 0 saturated heterocycles. The summed E-state index contributed by atoms with van der Waals surface area (Å²) in [5.41, 5.74) is -0.262. The number of halogens is 3. The molecule has 0 atom stereocenters. The minimum atomic E-state index is -4.08. The van der Waals surface area contributed by atoms with Gasteiger partial charge in [0, 0.05) is 25.6 Å². The molecule has 1 aliphatic carbocycles. The normalized spacial score (nSPS) is 28.1. The van der Waals surface area contributed by atoms with Gasteiger partial charge in [-0.2, -0.15) is 13.2 Å². The van der Waals surface area contributed by atoms with Crippen LogP contribution in [0.3, 0.4) is 0 Å². The SMILES string of the molecule is CC1CCC(CNC(C)C)(OCCCC(F)(F)F)CC1. The van der Waals surface area contributed by atoms with E-state index < -0.39 is 12.6 Å². The molecule has 0 heterocycles. The van der Waals surface area contributed by atoms with Crippen LogP contribution in [0.1, 0.15) is 59.3 Å². The van der Waals surface area contributed by atoms with Crippen LogP contribution in [0, 0.1) is 5.92 Å². The van der Waals surface area contributed by atoms with E-state index in [0.29, 0.717) is 12.0 Å². The minimum Gasteiger partial charge on any atom is -0.374 e. The second-order valence-electron chi connectivity index (χ2n) is 6.47. The van der Waals surface area contributed by atoms with Crippen molar-refractivity contribution in [3.05, 3.63) is 0 Å². The molecular weight excluding hydrogens is 267 g/mol. The Balaban J connectivity index is 2.42. The highest BCUT2D eigenvalue weighted by molar-refractivity contribution is 4.89. The average Bonchev–Trinajstić information content (AvgIpc) is 2.34. The maximum absolute atomic E-state index is 12.2. The van der Waals surface area contributed by atoms with Gasteiger partial charge in [0.1, 0.15) is 0 Å². The molecule has 5 heteroatoms. The molecule has 0 aromatic heterocycles. The van der Waals surface area contributed by atoms with Crippen molar-refractivity contribution in [3.63, 3.8) is 0 Å². The molecule has 0 amide bonds. The zero-order chi connectivity index (χ0) is 15.2. The van der Waals surface area contributed by atoms with E-state index in [1.165, 1.54) is 0 Å². The minimum absolute atomic E-state index is 0.0580. The van der Waals surface area contributed by atoms with Crippen LogP contribution in [0.4, 0.5) is 13.2 Å². The van der Waals surface area contributed by atoms with E-state index in [1.54, 1.807) is 0 Å². The molecule has 0 radical (unpaired) electrons. The number of alkyl halides is 3. The van der Waals surface area contributed by atoms with Crippen LogP contribution in [0.15, 0.2) is 0 Å². The molecule has 0 bridgehead atoms. The molecular formula is C15H28F3NO. The third-order valence-electron chi connectivity index (χ3n) is 4.03. The zero-order valence-corrected chi connectivity index (χ0v) is 12.9. The van der Waals surface area contributed by atoms with Crippen LogP contribution in [0.25, 0.3) is 0 Å². The smallest absolute Gasteiger partial charge is 0.374 e. The van der Waals surface area contributed by atoms with Gasteiger partial charge in [0.05, 0.1) is 5.60 Å². The molecule has 0 aliphatic heterocycles. The standard InChI is InChI=1S/C15H28F3NO/c1-12(2)19-11-14(8-5-13(3)6-9-14)20-10-4-7-15(16,17)18/h12-13,19H,4-11H2,1-3H3. The summed E-state index contributed by atoms with van der Waals surface area (Å²) in [7, 11) is 0. The summed E-state index contributed by atoms with van der Waals surface area (Å²) < 4.78 is 42.4. The van der Waals surface area contributed by atoms with Crippen molar-refractivity contribution < 1.29 is 17.9 Å². The predicted octanol–water partition coefficient (Wildman–Crippen LogP) is 4.29. The molecule has 1 fully saturated rings. The molecule has 120 valence electrons. The third kappa shape index (κ3) is 6.93. The number of hydrogen-bond acceptors (Lipinski definition) is 2. The topological polar surface area (TPSA) is 21.3 Å². The lowest BCUT2D eigenvalue weighted by molar-refractivity contribution is -0.144. The lowest BCUT2D eigenvalue weighted by Crippen LogP contribution is -2.47. The summed E-state index contributed by atoms with van der Waals surface area (Å²) in [4.78, 5) is 0. The summed E-state index contributed by atoms with van der Waals surface area (Å²) in [6.45, 7) is 7.31. The van der Waals surface area contributed by atoms with Gasteiger partial charge in [-0.25, -0.2) is 0 Å². The average molecular weight is 295 g/mol. The fraction of sp³-hybridized carbons (Fsp3) is 1.00. The number of ether oxygens (including phenoxy) is 1. The Bertz CT molecular complexity index is 271. The summed E-state index contributed by atoms with van der Waals surface area (Å²) >= 11 is 0. The molecule has 1 saturated carbocycles. The first kappa shape index (κ1) is 17.8. The maximum atomic E-state index is 12.2. The summed E-state index contributed by atoms with van der Waals surface area (Å²) in [6, 6.07) is 0.366. The van der Waals surface area contributed by atoms with E-state index in [2.05, 4.69) is 26.1 Å². The molecule has 20 heavy (non-hydrogen) atoms. The fourth-order valence-electron chi connectivity index (χ4n) is 2.61. The Kier molecular flexibility index (Phi) is 6.79. The van der Waals surface area contributed by atoms with Gasteiger partial charge in [-0.05, 0) is 38.0 Å². The van der Waals surface area contributed by atoms with E-state index in [0.717, 1.165) is 32.2 Å². The van der Waals surface area contributed by atoms with Gasteiger partial charge in [-0.15, -0.1) is 0 Å². The zero-order valence-electron chi connectivity index (χ0n) is 12.9. The Morgan fingerprint density at radius 1 is 1.25 bits per heavy atom. The predicted molar refractivity (Wildman–Crippen MR) is 74.7 cm³/mol. The van der Waals surface area contributed by atoms with Crippen LogP contribution < -0.4 is 5.32 Å². The molecule has 2 nitrogen and oxygen atoms in total. The fourth-order valence-corrected chi connectivity index (χ4v) is 2.61. The van der Waals surface area contributed by atoms with Gasteiger partial charge in [0.15, 0.2) is 0 Å². The monoisotopic (exact) mass is 295 g/mol. The molecule has 1 aliphatic rings. The van der Waals surface area contributed by atoms with E-state index in [1.807, 2.05) is 0 Å². The second-order valence-corrected chi connectivity index (χ2v) is 6.47. The molecule has 0 spiro atoms. The van der Waals surface area contributed by atoms with Gasteiger partial charge >= 0.3 is 6.18 Å². The first-order valence-electron chi connectivity index (χ1n) is 7.66. The van der Waals surface area contributed by atoms with Crippen molar-refractivity contribution >= 4 is 0 Å². The number of hydrogen-bond donors (Lipinski definition) is 1. The van der Waals surface area contributed by atoms with E-state index in [-0.39, 0.29) is 18.6 Å². The molecule has 1 rings (SSSR count). The highest BCUT2D eigenvalue weighted by Crippen LogP contribution is 2.35. The Labute approximate surface area is 120 Å². The molecule has 0 unspecified atom stereocenters. The largest absolute Gasteiger partial charge is 0.389 e. The lowest BCUT2D eigenvalue weighted by Gasteiger charge is -2.40. The van der Waals surface area contributed by atoms with E-state index in [4.69, 9.17) is 4.74 Å². The van der Waals surface area contributed by atoms with Crippen molar-refractivity contribution in [2.75, 3.05) is 13.2 Å². The van der Waals surface area contributed by atoms with Crippen molar-refractivity contribution in [1.82, 2.24) is 5.32 Å². The van der Waals surface area contributed by atoms with Gasteiger partial charge in [-0.1, -0.05) is 20.8 Å². The van der Waals surface area contributed by atoms with Gasteiger partial charge in [0.2, 0.25) is 0 Å². The summed E-state index contributed by atoms with van der Waals surface area (Å²) in [5.74, 6) is 0.695. The summed E-state index contributed by atoms with van der Waals surface area (Å²) in [5, 5.41) is 3.38. The van der Waals surface area contributed by atoms with Gasteiger partial charge < -0.3 is 10.1 Å². The summed E-state index contributed by atoms with van der Waals surface area (Å²) in [6.07, 6.45) is -0.689. The Morgan fingerprint density at radius 2 is 1.85 bits per heavy atom. The molecule has 1 N–H and O–H groups in total. The highest BCUT2D eigenvalue weighted by atomic mass is 19.4. The lowest BCUT2D eigenvalue weighted by atomic mass is 9.79. The molecule has 0 aromatic rings. The van der Waals surface area contributed by atoms with Crippen molar-refractivity contribution in [3.8, 4) is 0 Å².